The van der Waals surface area contributed by atoms with Gasteiger partial charge in [0.2, 0.25) is 0 Å². The van der Waals surface area contributed by atoms with E-state index in [1.165, 1.54) is 4.90 Å². The van der Waals surface area contributed by atoms with E-state index < -0.39 is 0 Å². The van der Waals surface area contributed by atoms with Crippen molar-refractivity contribution >= 4 is 39.3 Å². The predicted molar refractivity (Wildman–Crippen MR) is 197 cm³/mol. The molecule has 6 nitrogen and oxygen atoms in total. The van der Waals surface area contributed by atoms with E-state index in [0.29, 0.717) is 33.9 Å². The number of carbonyl (C=O) groups excluding carboxylic acids is 2. The van der Waals surface area contributed by atoms with Gasteiger partial charge in [0.25, 0.3) is 11.8 Å². The lowest BCUT2D eigenvalue weighted by atomic mass is 9.97. The molecule has 1 aliphatic heterocycles. The molecular weight excluding hydrogens is 617 g/mol. The van der Waals surface area contributed by atoms with Crippen LogP contribution >= 0.6 is 0 Å². The lowest BCUT2D eigenvalue weighted by molar-refractivity contribution is 0.0926. The molecule has 0 atom stereocenters. The van der Waals surface area contributed by atoms with E-state index in [9.17, 15) is 14.9 Å². The van der Waals surface area contributed by atoms with E-state index in [-0.39, 0.29) is 11.8 Å². The second-order valence-corrected chi connectivity index (χ2v) is 12.2. The van der Waals surface area contributed by atoms with Crippen LogP contribution in [0.1, 0.15) is 26.4 Å². The van der Waals surface area contributed by atoms with Gasteiger partial charge in [0, 0.05) is 21.9 Å². The number of amides is 2. The van der Waals surface area contributed by atoms with Gasteiger partial charge in [-0.25, -0.2) is 9.88 Å². The number of hydrogen-bond acceptors (Lipinski definition) is 4. The van der Waals surface area contributed by atoms with Gasteiger partial charge in [0.05, 0.1) is 39.2 Å². The molecule has 0 aliphatic carbocycles. The summed E-state index contributed by atoms with van der Waals surface area (Å²) in [5.41, 5.74) is 9.20. The fraction of sp³-hybridized carbons (Fsp3) is 0. The number of aromatic nitrogens is 2. The predicted octanol–water partition coefficient (Wildman–Crippen LogP) is 9.85. The van der Waals surface area contributed by atoms with Gasteiger partial charge < -0.3 is 4.57 Å². The molecule has 234 valence electrons. The van der Waals surface area contributed by atoms with Crippen molar-refractivity contribution in [3.05, 3.63) is 175 Å². The monoisotopic (exact) mass is 642 g/mol. The van der Waals surface area contributed by atoms with Gasteiger partial charge in [0.15, 0.2) is 0 Å². The standard InChI is InChI=1S/C44H26N4O2/c45-27-32-15-9-18-37(46-32)31-22-24-39-36(25-31)34-16-7-8-19-38(34)47(39)40-20-10-17-35-42(40)44(50)48(43(35)49)41-26-30(28-11-3-1-4-12-28)21-23-33(41)29-13-5-2-6-14-29/h1-26H. The highest BCUT2D eigenvalue weighted by atomic mass is 16.2. The molecule has 6 heteroatoms. The molecule has 6 aromatic carbocycles. The van der Waals surface area contributed by atoms with Crippen molar-refractivity contribution in [3.8, 4) is 45.3 Å². The number of pyridine rings is 1. The second kappa shape index (κ2) is 11.6. The number of para-hydroxylation sites is 1. The maximum Gasteiger partial charge on any atom is 0.268 e. The first-order chi connectivity index (χ1) is 24.6. The van der Waals surface area contributed by atoms with Crippen molar-refractivity contribution < 1.29 is 9.59 Å². The van der Waals surface area contributed by atoms with Crippen LogP contribution in [0.25, 0.3) is 61.0 Å². The number of anilines is 1. The van der Waals surface area contributed by atoms with Crippen LogP contribution in [0.4, 0.5) is 5.69 Å². The van der Waals surface area contributed by atoms with Crippen molar-refractivity contribution in [2.75, 3.05) is 4.90 Å². The smallest absolute Gasteiger partial charge is 0.268 e. The van der Waals surface area contributed by atoms with Crippen LogP contribution in [0.5, 0.6) is 0 Å². The van der Waals surface area contributed by atoms with Crippen LogP contribution < -0.4 is 4.90 Å². The molecule has 0 N–H and O–H groups in total. The zero-order valence-electron chi connectivity index (χ0n) is 26.6. The summed E-state index contributed by atoms with van der Waals surface area (Å²) in [7, 11) is 0. The molecule has 0 spiro atoms. The molecule has 3 heterocycles. The van der Waals surface area contributed by atoms with E-state index >= 15 is 0 Å². The first-order valence-corrected chi connectivity index (χ1v) is 16.3. The molecule has 0 fully saturated rings. The van der Waals surface area contributed by atoms with Gasteiger partial charge in [0.1, 0.15) is 11.8 Å². The Labute approximate surface area is 287 Å². The molecule has 50 heavy (non-hydrogen) atoms. The second-order valence-electron chi connectivity index (χ2n) is 12.2. The number of rotatable bonds is 5. The van der Waals surface area contributed by atoms with Crippen LogP contribution in [-0.4, -0.2) is 21.4 Å². The van der Waals surface area contributed by atoms with Crippen LogP contribution in [0.3, 0.4) is 0 Å². The number of hydrogen-bond donors (Lipinski definition) is 0. The van der Waals surface area contributed by atoms with Crippen molar-refractivity contribution in [2.24, 2.45) is 0 Å². The van der Waals surface area contributed by atoms with Gasteiger partial charge >= 0.3 is 0 Å². The summed E-state index contributed by atoms with van der Waals surface area (Å²) in [6.45, 7) is 0. The summed E-state index contributed by atoms with van der Waals surface area (Å²) in [5, 5.41) is 11.4. The van der Waals surface area contributed by atoms with Crippen molar-refractivity contribution in [1.82, 2.24) is 9.55 Å². The average Bonchev–Trinajstić information content (AvgIpc) is 3.65. The van der Waals surface area contributed by atoms with Gasteiger partial charge in [-0.1, -0.05) is 109 Å². The molecule has 0 radical (unpaired) electrons. The van der Waals surface area contributed by atoms with Crippen LogP contribution in [-0.2, 0) is 0 Å². The lowest BCUT2D eigenvalue weighted by Gasteiger charge is -2.20. The number of fused-ring (bicyclic) bond motifs is 4. The molecule has 0 unspecified atom stereocenters. The summed E-state index contributed by atoms with van der Waals surface area (Å²) in [4.78, 5) is 35.0. The summed E-state index contributed by atoms with van der Waals surface area (Å²) in [5.74, 6) is -0.733. The Kier molecular flexibility index (Phi) is 6.72. The van der Waals surface area contributed by atoms with Gasteiger partial charge in [-0.15, -0.1) is 0 Å². The highest BCUT2D eigenvalue weighted by Gasteiger charge is 2.40. The van der Waals surface area contributed by atoms with Crippen LogP contribution in [0.2, 0.25) is 0 Å². The zero-order chi connectivity index (χ0) is 33.8. The van der Waals surface area contributed by atoms with Crippen LogP contribution in [0.15, 0.2) is 158 Å². The number of nitrogens with zero attached hydrogens (tertiary/aromatic N) is 4. The molecule has 1 aliphatic rings. The fourth-order valence-corrected chi connectivity index (χ4v) is 7.11. The van der Waals surface area contributed by atoms with E-state index in [0.717, 1.165) is 49.6 Å². The maximum absolute atomic E-state index is 14.8. The number of benzene rings is 6. The Morgan fingerprint density at radius 1 is 0.500 bits per heavy atom. The zero-order valence-corrected chi connectivity index (χ0v) is 26.6. The Morgan fingerprint density at radius 2 is 1.20 bits per heavy atom. The normalized spacial score (nSPS) is 12.4. The maximum atomic E-state index is 14.8. The van der Waals surface area contributed by atoms with Gasteiger partial charge in [-0.2, -0.15) is 5.26 Å². The SMILES string of the molecule is N#Cc1cccc(-c2ccc3c(c2)c2ccccc2n3-c2cccc3c2C(=O)N(c2cc(-c4ccccc4)ccc2-c2ccccc2)C3=O)n1. The van der Waals surface area contributed by atoms with E-state index in [2.05, 4.69) is 27.8 Å². The highest BCUT2D eigenvalue weighted by molar-refractivity contribution is 6.36. The Morgan fingerprint density at radius 3 is 2.00 bits per heavy atom. The summed E-state index contributed by atoms with van der Waals surface area (Å²) >= 11 is 0. The summed E-state index contributed by atoms with van der Waals surface area (Å²) in [6, 6.07) is 52.9. The first kappa shape index (κ1) is 29.1. The third-order valence-corrected chi connectivity index (χ3v) is 9.40. The third kappa shape index (κ3) is 4.53. The van der Waals surface area contributed by atoms with E-state index in [4.69, 9.17) is 0 Å². The number of imide groups is 1. The Balaban J connectivity index is 1.23. The van der Waals surface area contributed by atoms with Gasteiger partial charge in [-0.05, 0) is 65.2 Å². The molecule has 2 aromatic heterocycles. The van der Waals surface area contributed by atoms with E-state index in [1.54, 1.807) is 12.1 Å². The molecule has 0 saturated heterocycles. The van der Waals surface area contributed by atoms with Crippen LogP contribution in [0, 0.1) is 11.3 Å². The number of nitriles is 1. The number of carbonyl (C=O) groups is 2. The molecule has 8 aromatic rings. The minimum absolute atomic E-state index is 0.349. The first-order valence-electron chi connectivity index (χ1n) is 16.3. The largest absolute Gasteiger partial charge is 0.308 e. The molecule has 2 amide bonds. The van der Waals surface area contributed by atoms with Crippen molar-refractivity contribution in [2.45, 2.75) is 0 Å². The summed E-state index contributed by atoms with van der Waals surface area (Å²) in [6.07, 6.45) is 0. The minimum Gasteiger partial charge on any atom is -0.308 e. The summed E-state index contributed by atoms with van der Waals surface area (Å²) < 4.78 is 2.07. The molecule has 9 rings (SSSR count). The molecule has 0 bridgehead atoms. The molecular formula is C44H26N4O2. The van der Waals surface area contributed by atoms with Gasteiger partial charge in [-0.3, -0.25) is 9.59 Å². The lowest BCUT2D eigenvalue weighted by Crippen LogP contribution is -2.30. The van der Waals surface area contributed by atoms with Crippen molar-refractivity contribution in [3.63, 3.8) is 0 Å². The highest BCUT2D eigenvalue weighted by Crippen LogP contribution is 2.42. The average molecular weight is 643 g/mol. The van der Waals surface area contributed by atoms with E-state index in [1.807, 2.05) is 133 Å². The Hall–Kier alpha value is -7.10. The quantitative estimate of drug-likeness (QED) is 0.175. The topological polar surface area (TPSA) is 79.0 Å². The molecule has 0 saturated carbocycles. The third-order valence-electron chi connectivity index (χ3n) is 9.40. The minimum atomic E-state index is -0.372. The van der Waals surface area contributed by atoms with Crippen molar-refractivity contribution in [1.29, 1.82) is 5.26 Å². The fourth-order valence-electron chi connectivity index (χ4n) is 7.11. The Bertz CT molecular complexity index is 2710.